The Hall–Kier alpha value is -3.65. The van der Waals surface area contributed by atoms with Crippen LogP contribution < -0.4 is 10.9 Å². The second-order valence-corrected chi connectivity index (χ2v) is 8.11. The average Bonchev–Trinajstić information content (AvgIpc) is 3.09. The van der Waals surface area contributed by atoms with Crippen molar-refractivity contribution >= 4 is 38.9 Å². The Kier molecular flexibility index (Phi) is 5.48. The van der Waals surface area contributed by atoms with Crippen LogP contribution in [0.15, 0.2) is 59.7 Å². The quantitative estimate of drug-likeness (QED) is 0.473. The van der Waals surface area contributed by atoms with Crippen molar-refractivity contribution in [1.82, 2.24) is 9.55 Å². The van der Waals surface area contributed by atoms with Gasteiger partial charge >= 0.3 is 0 Å². The van der Waals surface area contributed by atoms with Gasteiger partial charge in [0.2, 0.25) is 0 Å². The molecule has 0 aliphatic rings. The molecule has 4 aromatic rings. The number of rotatable bonds is 5. The van der Waals surface area contributed by atoms with Gasteiger partial charge in [0.1, 0.15) is 10.6 Å². The van der Waals surface area contributed by atoms with Crippen LogP contribution >= 0.6 is 11.3 Å². The lowest BCUT2D eigenvalue weighted by Gasteiger charge is -2.07. The molecule has 156 valence electrons. The van der Waals surface area contributed by atoms with Crippen molar-refractivity contribution in [3.8, 4) is 0 Å². The number of Topliss-reactive ketones (excluding diaryl/α,β-unsaturated/α-hetero) is 1. The number of nitrogens with one attached hydrogen (secondary N) is 1. The van der Waals surface area contributed by atoms with Gasteiger partial charge in [0.15, 0.2) is 5.78 Å². The molecule has 0 radical (unpaired) electrons. The maximum Gasteiger partial charge on any atom is 0.266 e. The van der Waals surface area contributed by atoms with Crippen molar-refractivity contribution in [1.29, 1.82) is 0 Å². The molecule has 31 heavy (non-hydrogen) atoms. The molecule has 2 aromatic heterocycles. The van der Waals surface area contributed by atoms with E-state index in [0.29, 0.717) is 31.9 Å². The number of benzene rings is 2. The molecule has 8 heteroatoms. The van der Waals surface area contributed by atoms with Crippen molar-refractivity contribution < 1.29 is 14.0 Å². The smallest absolute Gasteiger partial charge is 0.266 e. The second kappa shape index (κ2) is 8.23. The third-order valence-corrected chi connectivity index (χ3v) is 6.20. The van der Waals surface area contributed by atoms with Crippen molar-refractivity contribution in [2.24, 2.45) is 0 Å². The number of nitrogens with zero attached hydrogens (tertiary/aromatic N) is 2. The van der Waals surface area contributed by atoms with Crippen molar-refractivity contribution in [3.63, 3.8) is 0 Å². The van der Waals surface area contributed by atoms with E-state index in [2.05, 4.69) is 10.3 Å². The minimum Gasteiger partial charge on any atom is -0.321 e. The van der Waals surface area contributed by atoms with Crippen LogP contribution in [-0.4, -0.2) is 21.2 Å². The Morgan fingerprint density at radius 3 is 2.52 bits per heavy atom. The van der Waals surface area contributed by atoms with Gasteiger partial charge in [0.05, 0.1) is 23.1 Å². The summed E-state index contributed by atoms with van der Waals surface area (Å²) in [5.74, 6) is -1.10. The zero-order valence-corrected chi connectivity index (χ0v) is 17.6. The van der Waals surface area contributed by atoms with Crippen LogP contribution in [0.1, 0.15) is 31.2 Å². The number of carbonyl (C=O) groups excluding carboxylic acids is 2. The van der Waals surface area contributed by atoms with Crippen LogP contribution in [0, 0.1) is 19.7 Å². The third-order valence-electron chi connectivity index (χ3n) is 5.00. The summed E-state index contributed by atoms with van der Waals surface area (Å²) in [6, 6.07) is 12.6. The number of para-hydroxylation sites is 1. The van der Waals surface area contributed by atoms with Gasteiger partial charge in [-0.25, -0.2) is 9.37 Å². The average molecular weight is 435 g/mol. The lowest BCUT2D eigenvalue weighted by atomic mass is 10.1. The minimum absolute atomic E-state index is 0.229. The zero-order chi connectivity index (χ0) is 22.1. The Bertz CT molecular complexity index is 1370. The number of amides is 1. The van der Waals surface area contributed by atoms with E-state index >= 15 is 0 Å². The zero-order valence-electron chi connectivity index (χ0n) is 16.8. The fourth-order valence-electron chi connectivity index (χ4n) is 3.26. The highest BCUT2D eigenvalue weighted by Gasteiger charge is 2.20. The number of fused-ring (bicyclic) bond motifs is 1. The SMILES string of the molecule is Cc1ccccc1NC(=O)c1sc2ncn(CC(=O)c3ccc(F)cc3)c(=O)c2c1C. The summed E-state index contributed by atoms with van der Waals surface area (Å²) in [6.45, 7) is 3.36. The van der Waals surface area contributed by atoms with Crippen LogP contribution in [0.4, 0.5) is 10.1 Å². The number of hydrogen-bond donors (Lipinski definition) is 1. The number of carbonyl (C=O) groups is 2. The topological polar surface area (TPSA) is 81.1 Å². The first-order valence-corrected chi connectivity index (χ1v) is 10.3. The third kappa shape index (κ3) is 4.02. The van der Waals surface area contributed by atoms with Gasteiger partial charge in [-0.3, -0.25) is 19.0 Å². The molecular weight excluding hydrogens is 417 g/mol. The van der Waals surface area contributed by atoms with E-state index in [9.17, 15) is 18.8 Å². The van der Waals surface area contributed by atoms with E-state index in [1.54, 1.807) is 6.92 Å². The summed E-state index contributed by atoms with van der Waals surface area (Å²) in [6.07, 6.45) is 1.30. The highest BCUT2D eigenvalue weighted by molar-refractivity contribution is 7.20. The molecule has 0 atom stereocenters. The number of anilines is 1. The van der Waals surface area contributed by atoms with Crippen LogP contribution in [0.25, 0.3) is 10.2 Å². The Morgan fingerprint density at radius 1 is 1.10 bits per heavy atom. The summed E-state index contributed by atoms with van der Waals surface area (Å²) in [4.78, 5) is 43.4. The van der Waals surface area contributed by atoms with E-state index in [4.69, 9.17) is 0 Å². The standard InChI is InChI=1S/C23H18FN3O3S/c1-13-5-3-4-6-17(13)26-21(29)20-14(2)19-22(31-20)25-12-27(23(19)30)11-18(28)15-7-9-16(24)10-8-15/h3-10,12H,11H2,1-2H3,(H,26,29). The van der Waals surface area contributed by atoms with Gasteiger partial charge in [-0.15, -0.1) is 11.3 Å². The molecule has 2 aromatic carbocycles. The molecule has 0 aliphatic carbocycles. The molecule has 0 fully saturated rings. The van der Waals surface area contributed by atoms with Gasteiger partial charge in [-0.1, -0.05) is 18.2 Å². The summed E-state index contributed by atoms with van der Waals surface area (Å²) < 4.78 is 14.3. The molecule has 0 unspecified atom stereocenters. The monoisotopic (exact) mass is 435 g/mol. The largest absolute Gasteiger partial charge is 0.321 e. The van der Waals surface area contributed by atoms with Crippen LogP contribution in [0.5, 0.6) is 0 Å². The first kappa shape index (κ1) is 20.6. The predicted molar refractivity (Wildman–Crippen MR) is 118 cm³/mol. The van der Waals surface area contributed by atoms with Gasteiger partial charge in [-0.2, -0.15) is 0 Å². The van der Waals surface area contributed by atoms with Crippen LogP contribution in [0.2, 0.25) is 0 Å². The second-order valence-electron chi connectivity index (χ2n) is 7.11. The molecule has 1 amide bonds. The number of aryl methyl sites for hydroxylation is 2. The van der Waals surface area contributed by atoms with E-state index < -0.39 is 11.4 Å². The van der Waals surface area contributed by atoms with Crippen LogP contribution in [0.3, 0.4) is 0 Å². The first-order chi connectivity index (χ1) is 14.8. The summed E-state index contributed by atoms with van der Waals surface area (Å²) in [5, 5.41) is 3.18. The number of thiophene rings is 1. The molecule has 2 heterocycles. The number of hydrogen-bond acceptors (Lipinski definition) is 5. The van der Waals surface area contributed by atoms with Crippen molar-refractivity contribution in [2.45, 2.75) is 20.4 Å². The van der Waals surface area contributed by atoms with Crippen molar-refractivity contribution in [2.75, 3.05) is 5.32 Å². The van der Waals surface area contributed by atoms with Crippen LogP contribution in [-0.2, 0) is 6.54 Å². The fourth-order valence-corrected chi connectivity index (χ4v) is 4.30. The maximum absolute atomic E-state index is 13.1. The van der Waals surface area contributed by atoms with Gasteiger partial charge in [-0.05, 0) is 55.3 Å². The van der Waals surface area contributed by atoms with E-state index in [1.807, 2.05) is 31.2 Å². The fraction of sp³-hybridized carbons (Fsp3) is 0.130. The summed E-state index contributed by atoms with van der Waals surface area (Å²) >= 11 is 1.13. The predicted octanol–water partition coefficient (Wildman–Crippen LogP) is 4.35. The molecule has 6 nitrogen and oxygen atoms in total. The lowest BCUT2D eigenvalue weighted by molar-refractivity contribution is 0.0969. The van der Waals surface area contributed by atoms with E-state index in [1.165, 1.54) is 35.2 Å². The Morgan fingerprint density at radius 2 is 1.81 bits per heavy atom. The normalized spacial score (nSPS) is 10.9. The Labute approximate surface area is 181 Å². The molecule has 0 aliphatic heterocycles. The van der Waals surface area contributed by atoms with Gasteiger partial charge in [0, 0.05) is 11.3 Å². The highest BCUT2D eigenvalue weighted by Crippen LogP contribution is 2.28. The molecule has 0 bridgehead atoms. The number of aromatic nitrogens is 2. The highest BCUT2D eigenvalue weighted by atomic mass is 32.1. The minimum atomic E-state index is -0.442. The first-order valence-electron chi connectivity index (χ1n) is 9.49. The van der Waals surface area contributed by atoms with Gasteiger partial charge in [0.25, 0.3) is 11.5 Å². The number of halogens is 1. The summed E-state index contributed by atoms with van der Waals surface area (Å²) in [5.41, 5.74) is 2.04. The molecule has 0 spiro atoms. The molecule has 4 rings (SSSR count). The molecule has 0 saturated carbocycles. The van der Waals surface area contributed by atoms with Gasteiger partial charge < -0.3 is 5.32 Å². The molecular formula is C23H18FN3O3S. The number of ketones is 1. The maximum atomic E-state index is 13.1. The Balaban J connectivity index is 1.65. The van der Waals surface area contributed by atoms with Crippen molar-refractivity contribution in [3.05, 3.63) is 92.6 Å². The molecule has 1 N–H and O–H groups in total. The van der Waals surface area contributed by atoms with E-state index in [-0.39, 0.29) is 18.2 Å². The summed E-state index contributed by atoms with van der Waals surface area (Å²) in [7, 11) is 0. The van der Waals surface area contributed by atoms with E-state index in [0.717, 1.165) is 16.9 Å². The molecule has 0 saturated heterocycles. The lowest BCUT2D eigenvalue weighted by Crippen LogP contribution is -2.24.